The fraction of sp³-hybridized carbons (Fsp3) is 0.0476. The molecule has 0 heterocycles. The van der Waals surface area contributed by atoms with Crippen molar-refractivity contribution in [2.45, 2.75) is 0 Å². The van der Waals surface area contributed by atoms with Crippen molar-refractivity contribution in [1.82, 2.24) is 0 Å². The van der Waals surface area contributed by atoms with Gasteiger partial charge in [0.05, 0.1) is 12.2 Å². The monoisotopic (exact) mass is 348 g/mol. The van der Waals surface area contributed by atoms with E-state index in [9.17, 15) is 14.0 Å². The van der Waals surface area contributed by atoms with E-state index in [1.54, 1.807) is 60.7 Å². The highest BCUT2D eigenvalue weighted by Gasteiger charge is 2.14. The molecule has 0 aliphatic heterocycles. The van der Waals surface area contributed by atoms with Crippen molar-refractivity contribution in [3.8, 4) is 0 Å². The van der Waals surface area contributed by atoms with E-state index in [0.717, 1.165) is 0 Å². The third-order valence-corrected chi connectivity index (χ3v) is 3.78. The molecular formula is C21H17FN2O2. The Bertz CT molecular complexity index is 909. The van der Waals surface area contributed by atoms with Gasteiger partial charge in [0.2, 0.25) is 5.91 Å². The molecule has 0 aliphatic carbocycles. The highest BCUT2D eigenvalue weighted by atomic mass is 19.1. The van der Waals surface area contributed by atoms with E-state index in [4.69, 9.17) is 0 Å². The van der Waals surface area contributed by atoms with Gasteiger partial charge in [-0.05, 0) is 36.4 Å². The fourth-order valence-corrected chi connectivity index (χ4v) is 2.48. The van der Waals surface area contributed by atoms with Gasteiger partial charge in [-0.1, -0.05) is 42.5 Å². The Morgan fingerprint density at radius 3 is 2.19 bits per heavy atom. The smallest absolute Gasteiger partial charge is 0.243 e. The lowest BCUT2D eigenvalue weighted by Gasteiger charge is -2.11. The summed E-state index contributed by atoms with van der Waals surface area (Å²) in [5, 5.41) is 5.66. The number of rotatable bonds is 6. The van der Waals surface area contributed by atoms with Crippen LogP contribution in [0.15, 0.2) is 78.9 Å². The first-order valence-corrected chi connectivity index (χ1v) is 8.11. The Balaban J connectivity index is 1.69. The normalized spacial score (nSPS) is 10.2. The number of amides is 1. The molecule has 3 rings (SSSR count). The molecule has 0 saturated heterocycles. The Morgan fingerprint density at radius 1 is 0.808 bits per heavy atom. The van der Waals surface area contributed by atoms with Gasteiger partial charge in [-0.3, -0.25) is 9.59 Å². The molecule has 0 aliphatic rings. The van der Waals surface area contributed by atoms with Crippen LogP contribution < -0.4 is 10.6 Å². The first-order valence-electron chi connectivity index (χ1n) is 8.11. The van der Waals surface area contributed by atoms with Crippen LogP contribution in [0.5, 0.6) is 0 Å². The molecule has 0 bridgehead atoms. The quantitative estimate of drug-likeness (QED) is 0.659. The van der Waals surface area contributed by atoms with Gasteiger partial charge in [0.15, 0.2) is 5.78 Å². The third kappa shape index (κ3) is 4.33. The minimum absolute atomic E-state index is 0.000502. The lowest BCUT2D eigenvalue weighted by Crippen LogP contribution is -2.23. The summed E-state index contributed by atoms with van der Waals surface area (Å²) in [5.41, 5.74) is 2.06. The average Bonchev–Trinajstić information content (AvgIpc) is 2.68. The molecule has 3 aromatic carbocycles. The molecule has 0 unspecified atom stereocenters. The minimum atomic E-state index is -0.339. The van der Waals surface area contributed by atoms with E-state index in [1.807, 2.05) is 6.07 Å². The summed E-state index contributed by atoms with van der Waals surface area (Å²) in [5.74, 6) is -0.802. The third-order valence-electron chi connectivity index (χ3n) is 3.78. The lowest BCUT2D eigenvalue weighted by atomic mass is 10.0. The van der Waals surface area contributed by atoms with Crippen LogP contribution in [-0.4, -0.2) is 18.2 Å². The van der Waals surface area contributed by atoms with Crippen LogP contribution in [0.3, 0.4) is 0 Å². The summed E-state index contributed by atoms with van der Waals surface area (Å²) in [7, 11) is 0. The first-order chi connectivity index (χ1) is 12.6. The van der Waals surface area contributed by atoms with Crippen molar-refractivity contribution in [3.63, 3.8) is 0 Å². The Hall–Kier alpha value is -3.47. The zero-order chi connectivity index (χ0) is 18.4. The number of para-hydroxylation sites is 1. The van der Waals surface area contributed by atoms with E-state index in [1.165, 1.54) is 12.1 Å². The van der Waals surface area contributed by atoms with Gasteiger partial charge in [0.1, 0.15) is 5.82 Å². The van der Waals surface area contributed by atoms with Gasteiger partial charge in [0, 0.05) is 16.8 Å². The van der Waals surface area contributed by atoms with E-state index >= 15 is 0 Å². The molecule has 3 aromatic rings. The van der Waals surface area contributed by atoms with Crippen LogP contribution >= 0.6 is 0 Å². The largest absolute Gasteiger partial charge is 0.376 e. The molecule has 0 atom stereocenters. The second kappa shape index (κ2) is 8.07. The number of hydrogen-bond donors (Lipinski definition) is 2. The number of nitrogens with one attached hydrogen (secondary N) is 2. The summed E-state index contributed by atoms with van der Waals surface area (Å²) in [6.07, 6.45) is 0. The van der Waals surface area contributed by atoms with E-state index in [2.05, 4.69) is 10.6 Å². The number of hydrogen-bond acceptors (Lipinski definition) is 3. The van der Waals surface area contributed by atoms with E-state index < -0.39 is 0 Å². The maximum Gasteiger partial charge on any atom is 0.243 e. The molecule has 0 radical (unpaired) electrons. The molecule has 0 fully saturated rings. The summed E-state index contributed by atoms with van der Waals surface area (Å²) >= 11 is 0. The van der Waals surface area contributed by atoms with Crippen molar-refractivity contribution in [1.29, 1.82) is 0 Å². The molecule has 0 aromatic heterocycles. The fourth-order valence-electron chi connectivity index (χ4n) is 2.48. The predicted molar refractivity (Wildman–Crippen MR) is 99.8 cm³/mol. The highest BCUT2D eigenvalue weighted by Crippen LogP contribution is 2.19. The summed E-state index contributed by atoms with van der Waals surface area (Å²) in [4.78, 5) is 24.9. The van der Waals surface area contributed by atoms with Gasteiger partial charge < -0.3 is 10.6 Å². The Morgan fingerprint density at radius 2 is 1.46 bits per heavy atom. The molecule has 0 saturated carbocycles. The topological polar surface area (TPSA) is 58.2 Å². The van der Waals surface area contributed by atoms with Crippen molar-refractivity contribution >= 4 is 23.1 Å². The van der Waals surface area contributed by atoms with Crippen LogP contribution in [0.4, 0.5) is 15.8 Å². The number of anilines is 2. The van der Waals surface area contributed by atoms with Gasteiger partial charge >= 0.3 is 0 Å². The van der Waals surface area contributed by atoms with Gasteiger partial charge in [-0.15, -0.1) is 0 Å². The number of ketones is 1. The zero-order valence-electron chi connectivity index (χ0n) is 13.9. The number of benzene rings is 3. The van der Waals surface area contributed by atoms with E-state index in [-0.39, 0.29) is 24.1 Å². The zero-order valence-corrected chi connectivity index (χ0v) is 13.9. The van der Waals surface area contributed by atoms with Gasteiger partial charge in [-0.25, -0.2) is 4.39 Å². The minimum Gasteiger partial charge on any atom is -0.376 e. The number of carbonyl (C=O) groups is 2. The second-order valence-corrected chi connectivity index (χ2v) is 5.65. The van der Waals surface area contributed by atoms with Gasteiger partial charge in [-0.2, -0.15) is 0 Å². The first kappa shape index (κ1) is 17.4. The maximum absolute atomic E-state index is 12.9. The molecule has 1 amide bonds. The number of carbonyl (C=O) groups excluding carboxylic acids is 2. The summed E-state index contributed by atoms with van der Waals surface area (Å²) in [6.45, 7) is -0.000502. The average molecular weight is 348 g/mol. The lowest BCUT2D eigenvalue weighted by molar-refractivity contribution is -0.114. The van der Waals surface area contributed by atoms with Crippen molar-refractivity contribution < 1.29 is 14.0 Å². The van der Waals surface area contributed by atoms with Crippen molar-refractivity contribution in [3.05, 3.63) is 95.8 Å². The van der Waals surface area contributed by atoms with Crippen LogP contribution in [0.25, 0.3) is 0 Å². The summed E-state index contributed by atoms with van der Waals surface area (Å²) < 4.78 is 12.9. The maximum atomic E-state index is 12.9. The van der Waals surface area contributed by atoms with Crippen LogP contribution in [0, 0.1) is 5.82 Å². The van der Waals surface area contributed by atoms with Crippen LogP contribution in [0.1, 0.15) is 15.9 Å². The number of halogens is 1. The predicted octanol–water partition coefficient (Wildman–Crippen LogP) is 4.11. The van der Waals surface area contributed by atoms with Gasteiger partial charge in [0.25, 0.3) is 0 Å². The Labute approximate surface area is 150 Å². The molecule has 26 heavy (non-hydrogen) atoms. The molecule has 5 heteroatoms. The SMILES string of the molecule is O=C(CNc1ccc(F)cc1)Nc1ccccc1C(=O)c1ccccc1. The van der Waals surface area contributed by atoms with Crippen molar-refractivity contribution in [2.24, 2.45) is 0 Å². The molecule has 130 valence electrons. The highest BCUT2D eigenvalue weighted by molar-refractivity contribution is 6.14. The molecule has 0 spiro atoms. The molecule has 4 nitrogen and oxygen atoms in total. The van der Waals surface area contributed by atoms with E-state index in [0.29, 0.717) is 22.5 Å². The van der Waals surface area contributed by atoms with Crippen molar-refractivity contribution in [2.75, 3.05) is 17.2 Å². The van der Waals surface area contributed by atoms with Crippen LogP contribution in [0.2, 0.25) is 0 Å². The summed E-state index contributed by atoms with van der Waals surface area (Å²) in [6, 6.07) is 21.5. The Kier molecular flexibility index (Phi) is 5.39. The molecular weight excluding hydrogens is 331 g/mol. The standard InChI is InChI=1S/C21H17FN2O2/c22-16-10-12-17(13-11-16)23-14-20(25)24-19-9-5-4-8-18(19)21(26)15-6-2-1-3-7-15/h1-13,23H,14H2,(H,24,25). The van der Waals surface area contributed by atoms with Crippen LogP contribution in [-0.2, 0) is 4.79 Å². The second-order valence-electron chi connectivity index (χ2n) is 5.65. The molecule has 2 N–H and O–H groups in total.